The first-order chi connectivity index (χ1) is 7.99. The van der Waals surface area contributed by atoms with Gasteiger partial charge in [0.15, 0.2) is 0 Å². The Kier molecular flexibility index (Phi) is 5.91. The lowest BCUT2D eigenvalue weighted by atomic mass is 10.0. The van der Waals surface area contributed by atoms with E-state index in [1.54, 1.807) is 0 Å². The average Bonchev–Trinajstić information content (AvgIpc) is 2.23. The molecule has 0 aliphatic carbocycles. The number of benzene rings is 1. The summed E-state index contributed by atoms with van der Waals surface area (Å²) in [6, 6.07) is 7.60. The van der Waals surface area contributed by atoms with Crippen molar-refractivity contribution in [2.24, 2.45) is 5.92 Å². The number of nitrogens with one attached hydrogen (secondary N) is 1. The molecular formula is C13H18INO2. The molecule has 1 aromatic carbocycles. The predicted octanol–water partition coefficient (Wildman–Crippen LogP) is 2.88. The van der Waals surface area contributed by atoms with Gasteiger partial charge in [-0.25, -0.2) is 0 Å². The minimum Gasteiger partial charge on any atom is -0.480 e. The standard InChI is InChI=1S/C13H18INO2/c1-9(2)6-12(13(16)17)15-8-10-4-3-5-11(14)7-10/h3-5,7,9,12,15H,6,8H2,1-2H3,(H,16,17)/t12-/m1/s1. The van der Waals surface area contributed by atoms with Crippen molar-refractivity contribution in [2.75, 3.05) is 0 Å². The molecule has 0 saturated carbocycles. The van der Waals surface area contributed by atoms with E-state index >= 15 is 0 Å². The second-order valence-electron chi connectivity index (χ2n) is 4.53. The Bertz CT molecular complexity index is 379. The Labute approximate surface area is 116 Å². The lowest BCUT2D eigenvalue weighted by Gasteiger charge is -2.16. The van der Waals surface area contributed by atoms with Crippen LogP contribution in [-0.2, 0) is 11.3 Å². The van der Waals surface area contributed by atoms with Crippen molar-refractivity contribution in [1.29, 1.82) is 0 Å². The number of carbonyl (C=O) groups is 1. The number of halogens is 1. The lowest BCUT2D eigenvalue weighted by Crippen LogP contribution is -2.37. The molecule has 1 aromatic rings. The summed E-state index contributed by atoms with van der Waals surface area (Å²) in [6.45, 7) is 4.66. The second-order valence-corrected chi connectivity index (χ2v) is 5.78. The Morgan fingerprint density at radius 1 is 1.47 bits per heavy atom. The van der Waals surface area contributed by atoms with E-state index in [9.17, 15) is 4.79 Å². The number of rotatable bonds is 6. The minimum absolute atomic E-state index is 0.375. The molecule has 1 atom stereocenters. The summed E-state index contributed by atoms with van der Waals surface area (Å²) < 4.78 is 1.16. The molecule has 0 aliphatic heterocycles. The summed E-state index contributed by atoms with van der Waals surface area (Å²) >= 11 is 2.25. The number of aliphatic carboxylic acids is 1. The molecule has 0 aliphatic rings. The highest BCUT2D eigenvalue weighted by molar-refractivity contribution is 14.1. The molecule has 3 nitrogen and oxygen atoms in total. The van der Waals surface area contributed by atoms with Crippen molar-refractivity contribution in [1.82, 2.24) is 5.32 Å². The summed E-state index contributed by atoms with van der Waals surface area (Å²) in [5, 5.41) is 12.2. The third-order valence-corrected chi connectivity index (χ3v) is 3.12. The highest BCUT2D eigenvalue weighted by Gasteiger charge is 2.17. The van der Waals surface area contributed by atoms with Crippen LogP contribution < -0.4 is 5.32 Å². The van der Waals surface area contributed by atoms with Crippen molar-refractivity contribution in [3.8, 4) is 0 Å². The number of carboxylic acid groups (broad SMARTS) is 1. The quantitative estimate of drug-likeness (QED) is 0.778. The topological polar surface area (TPSA) is 49.3 Å². The van der Waals surface area contributed by atoms with Crippen LogP contribution in [0.2, 0.25) is 0 Å². The maximum absolute atomic E-state index is 11.1. The van der Waals surface area contributed by atoms with E-state index in [1.165, 1.54) is 0 Å². The van der Waals surface area contributed by atoms with Gasteiger partial charge in [0.05, 0.1) is 0 Å². The fraction of sp³-hybridized carbons (Fsp3) is 0.462. The average molecular weight is 347 g/mol. The summed E-state index contributed by atoms with van der Waals surface area (Å²) in [5.74, 6) is -0.399. The van der Waals surface area contributed by atoms with E-state index in [2.05, 4.69) is 34.0 Å². The van der Waals surface area contributed by atoms with Gasteiger partial charge in [0.25, 0.3) is 0 Å². The van der Waals surface area contributed by atoms with E-state index in [0.717, 1.165) is 9.13 Å². The first-order valence-corrected chi connectivity index (χ1v) is 6.77. The molecule has 0 bridgehead atoms. The molecule has 4 heteroatoms. The Balaban J connectivity index is 2.54. The minimum atomic E-state index is -0.774. The van der Waals surface area contributed by atoms with E-state index in [1.807, 2.05) is 32.0 Å². The smallest absolute Gasteiger partial charge is 0.320 e. The largest absolute Gasteiger partial charge is 0.480 e. The third-order valence-electron chi connectivity index (χ3n) is 2.45. The zero-order valence-corrected chi connectivity index (χ0v) is 12.3. The van der Waals surface area contributed by atoms with Gasteiger partial charge in [-0.1, -0.05) is 26.0 Å². The van der Waals surface area contributed by atoms with Gasteiger partial charge >= 0.3 is 5.97 Å². The fourth-order valence-electron chi connectivity index (χ4n) is 1.63. The van der Waals surface area contributed by atoms with Gasteiger partial charge in [0.1, 0.15) is 6.04 Å². The van der Waals surface area contributed by atoms with Gasteiger partial charge in [0, 0.05) is 10.1 Å². The Morgan fingerprint density at radius 2 is 2.18 bits per heavy atom. The van der Waals surface area contributed by atoms with E-state index < -0.39 is 12.0 Å². The summed E-state index contributed by atoms with van der Waals surface area (Å²) in [7, 11) is 0. The van der Waals surface area contributed by atoms with Crippen molar-refractivity contribution >= 4 is 28.6 Å². The van der Waals surface area contributed by atoms with Crippen LogP contribution in [-0.4, -0.2) is 17.1 Å². The lowest BCUT2D eigenvalue weighted by molar-refractivity contribution is -0.140. The van der Waals surface area contributed by atoms with Crippen LogP contribution in [0.4, 0.5) is 0 Å². The Hall–Kier alpha value is -0.620. The SMILES string of the molecule is CC(C)C[C@@H](NCc1cccc(I)c1)C(=O)O. The molecule has 0 radical (unpaired) electrons. The molecule has 1 rings (SSSR count). The fourth-order valence-corrected chi connectivity index (χ4v) is 2.24. The highest BCUT2D eigenvalue weighted by Crippen LogP contribution is 2.09. The molecule has 17 heavy (non-hydrogen) atoms. The monoisotopic (exact) mass is 347 g/mol. The van der Waals surface area contributed by atoms with Crippen LogP contribution in [0, 0.1) is 9.49 Å². The number of hydrogen-bond donors (Lipinski definition) is 2. The molecule has 94 valence electrons. The van der Waals surface area contributed by atoms with E-state index in [-0.39, 0.29) is 0 Å². The normalized spacial score (nSPS) is 12.7. The number of hydrogen-bond acceptors (Lipinski definition) is 2. The zero-order chi connectivity index (χ0) is 12.8. The summed E-state index contributed by atoms with van der Waals surface area (Å²) in [5.41, 5.74) is 1.12. The maximum Gasteiger partial charge on any atom is 0.320 e. The molecular weight excluding hydrogens is 329 g/mol. The van der Waals surface area contributed by atoms with Gasteiger partial charge < -0.3 is 10.4 Å². The van der Waals surface area contributed by atoms with Crippen molar-refractivity contribution in [3.05, 3.63) is 33.4 Å². The molecule has 0 heterocycles. The Morgan fingerprint density at radius 3 is 2.71 bits per heavy atom. The molecule has 0 unspecified atom stereocenters. The highest BCUT2D eigenvalue weighted by atomic mass is 127. The third kappa shape index (κ3) is 5.50. The first-order valence-electron chi connectivity index (χ1n) is 5.69. The van der Waals surface area contributed by atoms with Crippen LogP contribution in [0.3, 0.4) is 0 Å². The molecule has 2 N–H and O–H groups in total. The van der Waals surface area contributed by atoms with Gasteiger partial charge in [-0.15, -0.1) is 0 Å². The number of carboxylic acids is 1. The molecule has 0 spiro atoms. The molecule has 0 saturated heterocycles. The zero-order valence-electron chi connectivity index (χ0n) is 10.1. The van der Waals surface area contributed by atoms with Gasteiger partial charge in [-0.2, -0.15) is 0 Å². The summed E-state index contributed by atoms with van der Waals surface area (Å²) in [6.07, 6.45) is 0.652. The van der Waals surface area contributed by atoms with Crippen LogP contribution in [0.1, 0.15) is 25.8 Å². The van der Waals surface area contributed by atoms with Crippen LogP contribution >= 0.6 is 22.6 Å². The van der Waals surface area contributed by atoms with E-state index in [4.69, 9.17) is 5.11 Å². The molecule has 0 amide bonds. The first kappa shape index (κ1) is 14.4. The van der Waals surface area contributed by atoms with Crippen molar-refractivity contribution in [2.45, 2.75) is 32.9 Å². The van der Waals surface area contributed by atoms with Crippen molar-refractivity contribution < 1.29 is 9.90 Å². The van der Waals surface area contributed by atoms with Crippen LogP contribution in [0.25, 0.3) is 0 Å². The van der Waals surface area contributed by atoms with Gasteiger partial charge in [0.2, 0.25) is 0 Å². The van der Waals surface area contributed by atoms with Crippen molar-refractivity contribution in [3.63, 3.8) is 0 Å². The molecule has 0 aromatic heterocycles. The van der Waals surface area contributed by atoms with Gasteiger partial charge in [-0.3, -0.25) is 4.79 Å². The second kappa shape index (κ2) is 6.96. The van der Waals surface area contributed by atoms with Gasteiger partial charge in [-0.05, 0) is 52.6 Å². The maximum atomic E-state index is 11.1. The molecule has 0 fully saturated rings. The predicted molar refractivity (Wildman–Crippen MR) is 76.9 cm³/mol. The van der Waals surface area contributed by atoms with Crippen LogP contribution in [0.15, 0.2) is 24.3 Å². The van der Waals surface area contributed by atoms with E-state index in [0.29, 0.717) is 18.9 Å². The summed E-state index contributed by atoms with van der Waals surface area (Å²) in [4.78, 5) is 11.1. The van der Waals surface area contributed by atoms with Crippen LogP contribution in [0.5, 0.6) is 0 Å².